The number of nitriles is 1. The third kappa shape index (κ3) is 2.92. The third-order valence-electron chi connectivity index (χ3n) is 1.76. The molecule has 5 heteroatoms. The van der Waals surface area contributed by atoms with Crippen LogP contribution >= 0.6 is 11.6 Å². The molecule has 0 aliphatic heterocycles. The number of alkyl halides is 4. The first-order valence-corrected chi connectivity index (χ1v) is 4.68. The summed E-state index contributed by atoms with van der Waals surface area (Å²) in [5, 5.41) is 8.68. The third-order valence-corrected chi connectivity index (χ3v) is 1.89. The van der Waals surface area contributed by atoms with Crippen LogP contribution in [0.3, 0.4) is 0 Å². The van der Waals surface area contributed by atoms with E-state index in [2.05, 4.69) is 11.8 Å². The largest absolute Gasteiger partial charge is 0.416 e. The summed E-state index contributed by atoms with van der Waals surface area (Å²) in [7, 11) is 0. The predicted molar refractivity (Wildman–Crippen MR) is 53.8 cm³/mol. The van der Waals surface area contributed by atoms with Crippen molar-refractivity contribution in [3.8, 4) is 17.9 Å². The lowest BCUT2D eigenvalue weighted by Crippen LogP contribution is -2.05. The fraction of sp³-hybridized carbons (Fsp3) is 0.182. The van der Waals surface area contributed by atoms with Crippen LogP contribution < -0.4 is 0 Å². The molecule has 0 saturated heterocycles. The lowest BCUT2D eigenvalue weighted by atomic mass is 10.0. The quantitative estimate of drug-likeness (QED) is 0.507. The smallest absolute Gasteiger partial charge is 0.192 e. The van der Waals surface area contributed by atoms with Gasteiger partial charge in [-0.05, 0) is 18.2 Å². The zero-order valence-corrected chi connectivity index (χ0v) is 8.65. The van der Waals surface area contributed by atoms with Gasteiger partial charge >= 0.3 is 6.18 Å². The summed E-state index contributed by atoms with van der Waals surface area (Å²) in [6.45, 7) is 0. The highest BCUT2D eigenvalue weighted by Gasteiger charge is 2.30. The Balaban J connectivity index is 3.28. The van der Waals surface area contributed by atoms with Gasteiger partial charge in [-0.25, -0.2) is 0 Å². The van der Waals surface area contributed by atoms with Crippen molar-refractivity contribution >= 4 is 11.6 Å². The minimum Gasteiger partial charge on any atom is -0.192 e. The van der Waals surface area contributed by atoms with E-state index >= 15 is 0 Å². The van der Waals surface area contributed by atoms with Gasteiger partial charge in [0.1, 0.15) is 6.07 Å². The molecule has 0 unspecified atom stereocenters. The lowest BCUT2D eigenvalue weighted by molar-refractivity contribution is -0.137. The summed E-state index contributed by atoms with van der Waals surface area (Å²) in [5.41, 5.74) is -0.686. The first-order chi connectivity index (χ1) is 7.49. The highest BCUT2D eigenvalue weighted by molar-refractivity contribution is 6.19. The first-order valence-electron chi connectivity index (χ1n) is 4.15. The lowest BCUT2D eigenvalue weighted by Gasteiger charge is -2.07. The molecule has 82 valence electrons. The zero-order chi connectivity index (χ0) is 12.2. The number of rotatable bonds is 0. The molecule has 1 nitrogen and oxygen atoms in total. The zero-order valence-electron chi connectivity index (χ0n) is 7.90. The van der Waals surface area contributed by atoms with E-state index in [1.807, 2.05) is 0 Å². The summed E-state index contributed by atoms with van der Waals surface area (Å²) in [5.74, 6) is 4.84. The fourth-order valence-electron chi connectivity index (χ4n) is 1.05. The summed E-state index contributed by atoms with van der Waals surface area (Å²) >= 11 is 5.30. The molecule has 1 aromatic carbocycles. The van der Waals surface area contributed by atoms with E-state index in [9.17, 15) is 13.2 Å². The fourth-order valence-corrected chi connectivity index (χ4v) is 1.12. The highest BCUT2D eigenvalue weighted by Crippen LogP contribution is 2.30. The molecule has 0 spiro atoms. The molecule has 0 heterocycles. The average Bonchev–Trinajstić information content (AvgIpc) is 2.24. The summed E-state index contributed by atoms with van der Waals surface area (Å²) in [6.07, 6.45) is -4.44. The van der Waals surface area contributed by atoms with Gasteiger partial charge in [0.05, 0.1) is 17.0 Å². The molecule has 0 bridgehead atoms. The minimum absolute atomic E-state index is 0.00111. The van der Waals surface area contributed by atoms with Crippen LogP contribution in [0.1, 0.15) is 16.7 Å². The van der Waals surface area contributed by atoms with Gasteiger partial charge in [-0.1, -0.05) is 11.8 Å². The molecule has 0 fully saturated rings. The van der Waals surface area contributed by atoms with E-state index in [4.69, 9.17) is 16.9 Å². The maximum atomic E-state index is 12.4. The van der Waals surface area contributed by atoms with Crippen LogP contribution in [-0.2, 0) is 6.18 Å². The van der Waals surface area contributed by atoms with Crippen LogP contribution in [0.2, 0.25) is 0 Å². The Hall–Kier alpha value is -1.65. The van der Waals surface area contributed by atoms with Crippen molar-refractivity contribution in [1.29, 1.82) is 5.26 Å². The number of hydrogen-bond donors (Lipinski definition) is 0. The van der Waals surface area contributed by atoms with Crippen molar-refractivity contribution in [2.24, 2.45) is 0 Å². The van der Waals surface area contributed by atoms with E-state index in [1.165, 1.54) is 0 Å². The van der Waals surface area contributed by atoms with Crippen LogP contribution in [0.4, 0.5) is 13.2 Å². The summed E-state index contributed by atoms with van der Waals surface area (Å²) < 4.78 is 37.1. The van der Waals surface area contributed by atoms with E-state index in [-0.39, 0.29) is 17.0 Å². The van der Waals surface area contributed by atoms with Gasteiger partial charge in [0.25, 0.3) is 0 Å². The van der Waals surface area contributed by atoms with Crippen molar-refractivity contribution in [3.63, 3.8) is 0 Å². The van der Waals surface area contributed by atoms with Gasteiger partial charge in [-0.3, -0.25) is 0 Å². The van der Waals surface area contributed by atoms with Crippen molar-refractivity contribution in [3.05, 3.63) is 34.9 Å². The monoisotopic (exact) mass is 243 g/mol. The number of halogens is 4. The molecule has 1 rings (SSSR count). The molecular formula is C11H5ClF3N. The molecule has 0 saturated carbocycles. The Morgan fingerprint density at radius 3 is 2.44 bits per heavy atom. The van der Waals surface area contributed by atoms with Gasteiger partial charge in [0, 0.05) is 5.56 Å². The Morgan fingerprint density at radius 2 is 1.94 bits per heavy atom. The van der Waals surface area contributed by atoms with Crippen molar-refractivity contribution in [1.82, 2.24) is 0 Å². The van der Waals surface area contributed by atoms with Gasteiger partial charge in [-0.15, -0.1) is 11.6 Å². The Bertz CT molecular complexity index is 489. The number of nitrogens with zero attached hydrogens (tertiary/aromatic N) is 1. The van der Waals surface area contributed by atoms with E-state index in [0.29, 0.717) is 0 Å². The topological polar surface area (TPSA) is 23.8 Å². The van der Waals surface area contributed by atoms with E-state index in [0.717, 1.165) is 18.2 Å². The SMILES string of the molecule is N#Cc1ccc(C(F)(F)F)cc1C#CCCl. The van der Waals surface area contributed by atoms with E-state index < -0.39 is 11.7 Å². The van der Waals surface area contributed by atoms with Crippen molar-refractivity contribution < 1.29 is 13.2 Å². The summed E-state index contributed by atoms with van der Waals surface area (Å²) in [4.78, 5) is 0. The molecule has 0 N–H and O–H groups in total. The van der Waals surface area contributed by atoms with Crippen LogP contribution in [-0.4, -0.2) is 5.88 Å². The maximum absolute atomic E-state index is 12.4. The van der Waals surface area contributed by atoms with Crippen molar-refractivity contribution in [2.75, 3.05) is 5.88 Å². The standard InChI is InChI=1S/C11H5ClF3N/c12-5-1-2-8-6-10(11(13,14)15)4-3-9(8)7-16/h3-4,6H,5H2. The molecule has 0 amide bonds. The molecule has 0 aliphatic carbocycles. The second-order valence-corrected chi connectivity index (χ2v) is 3.07. The van der Waals surface area contributed by atoms with Crippen LogP contribution in [0.25, 0.3) is 0 Å². The number of benzene rings is 1. The number of hydrogen-bond acceptors (Lipinski definition) is 1. The highest BCUT2D eigenvalue weighted by atomic mass is 35.5. The molecule has 0 aromatic heterocycles. The van der Waals surface area contributed by atoms with Crippen molar-refractivity contribution in [2.45, 2.75) is 6.18 Å². The Morgan fingerprint density at radius 1 is 1.25 bits per heavy atom. The Kier molecular flexibility index (Phi) is 3.82. The van der Waals surface area contributed by atoms with Gasteiger partial charge in [-0.2, -0.15) is 18.4 Å². The van der Waals surface area contributed by atoms with Crippen LogP contribution in [0, 0.1) is 23.2 Å². The summed E-state index contributed by atoms with van der Waals surface area (Å²) in [6, 6.07) is 4.57. The molecular weight excluding hydrogens is 239 g/mol. The van der Waals surface area contributed by atoms with Crippen LogP contribution in [0.15, 0.2) is 18.2 Å². The predicted octanol–water partition coefficient (Wildman–Crippen LogP) is 3.17. The minimum atomic E-state index is -4.44. The molecule has 0 atom stereocenters. The average molecular weight is 244 g/mol. The second kappa shape index (κ2) is 4.92. The molecule has 0 aliphatic rings. The molecule has 16 heavy (non-hydrogen) atoms. The molecule has 0 radical (unpaired) electrons. The normalized spacial score (nSPS) is 10.2. The van der Waals surface area contributed by atoms with Crippen LogP contribution in [0.5, 0.6) is 0 Å². The van der Waals surface area contributed by atoms with Gasteiger partial charge in [0.2, 0.25) is 0 Å². The first kappa shape index (κ1) is 12.4. The second-order valence-electron chi connectivity index (χ2n) is 2.81. The molecule has 1 aromatic rings. The van der Waals surface area contributed by atoms with E-state index in [1.54, 1.807) is 6.07 Å². The van der Waals surface area contributed by atoms with Gasteiger partial charge < -0.3 is 0 Å². The maximum Gasteiger partial charge on any atom is 0.416 e. The Labute approximate surface area is 95.4 Å². The van der Waals surface area contributed by atoms with Gasteiger partial charge in [0.15, 0.2) is 0 Å².